The lowest BCUT2D eigenvalue weighted by molar-refractivity contribution is -0.0466. The molecule has 0 bridgehead atoms. The monoisotopic (exact) mass is 740 g/mol. The Morgan fingerprint density at radius 1 is 0.706 bits per heavy atom. The molecule has 7 rings (SSSR count). The maximum atomic E-state index is 12.7. The third-order valence-electron chi connectivity index (χ3n) is 8.33. The van der Waals surface area contributed by atoms with Crippen LogP contribution in [0.1, 0.15) is 38.2 Å². The van der Waals surface area contributed by atoms with Crippen LogP contribution in [-0.2, 0) is 17.1 Å². The van der Waals surface area contributed by atoms with Gasteiger partial charge in [-0.2, -0.15) is 0 Å². The fourth-order valence-corrected chi connectivity index (χ4v) is 6.20. The van der Waals surface area contributed by atoms with Crippen molar-refractivity contribution in [2.45, 2.75) is 12.4 Å². The summed E-state index contributed by atoms with van der Waals surface area (Å²) in [7, 11) is 2.96. The summed E-state index contributed by atoms with van der Waals surface area (Å²) >= 11 is 3.68. The van der Waals surface area contributed by atoms with Gasteiger partial charge in [-0.1, -0.05) is 131 Å². The van der Waals surface area contributed by atoms with Gasteiger partial charge in [0.2, 0.25) is 5.75 Å². The highest BCUT2D eigenvalue weighted by atomic mass is 79.9. The van der Waals surface area contributed by atoms with E-state index in [1.807, 2.05) is 140 Å². The second kappa shape index (κ2) is 14.9. The van der Waals surface area contributed by atoms with Crippen molar-refractivity contribution in [3.63, 3.8) is 0 Å². The van der Waals surface area contributed by atoms with Crippen LogP contribution in [-0.4, -0.2) is 20.2 Å². The van der Waals surface area contributed by atoms with Crippen LogP contribution in [0.25, 0.3) is 12.2 Å². The van der Waals surface area contributed by atoms with E-state index in [1.165, 1.54) is 7.11 Å². The topological polar surface area (TPSA) is 72.5 Å². The predicted molar refractivity (Wildman–Crippen MR) is 200 cm³/mol. The Bertz CT molecular complexity index is 2130. The lowest BCUT2D eigenvalue weighted by Gasteiger charge is -2.28. The van der Waals surface area contributed by atoms with Gasteiger partial charge in [0.1, 0.15) is 12.4 Å². The lowest BCUT2D eigenvalue weighted by atomic mass is 9.97. The first-order valence-corrected chi connectivity index (χ1v) is 17.0. The summed E-state index contributed by atoms with van der Waals surface area (Å²) in [5.41, 5.74) is 4.77. The Balaban J connectivity index is 1.13. The zero-order valence-corrected chi connectivity index (χ0v) is 29.5. The SMILES string of the molecule is COC(=O)c1cc(Oc2ccc(/C=C/c3cc(OC)c(OCc4ccccc4)cc3Br)cc2)c2c(c1)OC(c1ccccc1)(c1ccccc1)O2. The van der Waals surface area contributed by atoms with Crippen molar-refractivity contribution in [1.29, 1.82) is 0 Å². The first-order valence-electron chi connectivity index (χ1n) is 16.2. The fourth-order valence-electron chi connectivity index (χ4n) is 5.75. The molecule has 0 aliphatic carbocycles. The van der Waals surface area contributed by atoms with Crippen molar-refractivity contribution < 1.29 is 33.2 Å². The van der Waals surface area contributed by atoms with Crippen molar-refractivity contribution in [1.82, 2.24) is 0 Å². The summed E-state index contributed by atoms with van der Waals surface area (Å²) in [6.45, 7) is 0.434. The number of halogens is 1. The van der Waals surface area contributed by atoms with Gasteiger partial charge in [0.25, 0.3) is 0 Å². The average Bonchev–Trinajstić information content (AvgIpc) is 3.59. The molecule has 0 saturated heterocycles. The molecule has 6 aromatic carbocycles. The van der Waals surface area contributed by atoms with Crippen LogP contribution in [0.15, 0.2) is 144 Å². The minimum Gasteiger partial charge on any atom is -0.493 e. The zero-order chi connectivity index (χ0) is 35.2. The van der Waals surface area contributed by atoms with Crippen LogP contribution in [0.4, 0.5) is 0 Å². The zero-order valence-electron chi connectivity index (χ0n) is 27.9. The van der Waals surface area contributed by atoms with E-state index in [-0.39, 0.29) is 5.56 Å². The molecule has 0 spiro atoms. The van der Waals surface area contributed by atoms with E-state index in [4.69, 9.17) is 28.4 Å². The summed E-state index contributed by atoms with van der Waals surface area (Å²) in [6.07, 6.45) is 3.99. The molecule has 0 radical (unpaired) electrons. The minimum atomic E-state index is -1.30. The smallest absolute Gasteiger partial charge is 0.338 e. The number of benzene rings is 6. The van der Waals surface area contributed by atoms with Gasteiger partial charge in [0.15, 0.2) is 23.0 Å². The van der Waals surface area contributed by atoms with Gasteiger partial charge in [0.05, 0.1) is 19.8 Å². The Morgan fingerprint density at radius 2 is 1.35 bits per heavy atom. The predicted octanol–water partition coefficient (Wildman–Crippen LogP) is 10.5. The van der Waals surface area contributed by atoms with Gasteiger partial charge in [-0.25, -0.2) is 4.79 Å². The highest BCUT2D eigenvalue weighted by molar-refractivity contribution is 9.10. The van der Waals surface area contributed by atoms with Crippen molar-refractivity contribution in [2.75, 3.05) is 14.2 Å². The molecule has 8 heteroatoms. The molecule has 1 heterocycles. The van der Waals surface area contributed by atoms with Gasteiger partial charge in [-0.15, -0.1) is 0 Å². The molecule has 0 saturated carbocycles. The van der Waals surface area contributed by atoms with E-state index in [0.717, 1.165) is 32.3 Å². The molecule has 0 unspecified atom stereocenters. The number of rotatable bonds is 11. The number of carbonyl (C=O) groups excluding carboxylic acids is 1. The fraction of sp³-hybridized carbons (Fsp3) is 0.0930. The molecule has 0 aromatic heterocycles. The average molecular weight is 742 g/mol. The van der Waals surface area contributed by atoms with Gasteiger partial charge in [0, 0.05) is 15.6 Å². The Labute approximate surface area is 304 Å². The molecule has 0 fully saturated rings. The van der Waals surface area contributed by atoms with Crippen molar-refractivity contribution in [2.24, 2.45) is 0 Å². The Kier molecular flexibility index (Phi) is 9.76. The van der Waals surface area contributed by atoms with Crippen LogP contribution in [0.5, 0.6) is 34.5 Å². The third kappa shape index (κ3) is 7.18. The number of ether oxygens (including phenoxy) is 6. The minimum absolute atomic E-state index is 0.267. The van der Waals surface area contributed by atoms with E-state index in [1.54, 1.807) is 19.2 Å². The number of fused-ring (bicyclic) bond motifs is 1. The molecule has 7 nitrogen and oxygen atoms in total. The highest BCUT2D eigenvalue weighted by Gasteiger charge is 2.47. The third-order valence-corrected chi connectivity index (χ3v) is 9.02. The highest BCUT2D eigenvalue weighted by Crippen LogP contribution is 2.53. The van der Waals surface area contributed by atoms with E-state index < -0.39 is 11.8 Å². The summed E-state index contributed by atoms with van der Waals surface area (Å²) in [5.74, 6) is 1.04. The van der Waals surface area contributed by atoms with E-state index in [0.29, 0.717) is 41.1 Å². The van der Waals surface area contributed by atoms with Crippen molar-refractivity contribution >= 4 is 34.1 Å². The number of hydrogen-bond acceptors (Lipinski definition) is 7. The number of hydrogen-bond donors (Lipinski definition) is 0. The molecule has 1 aliphatic rings. The van der Waals surface area contributed by atoms with Crippen LogP contribution in [0.2, 0.25) is 0 Å². The Morgan fingerprint density at radius 3 is 1.98 bits per heavy atom. The molecule has 0 amide bonds. The maximum Gasteiger partial charge on any atom is 0.338 e. The Hall–Kier alpha value is -5.99. The molecule has 254 valence electrons. The van der Waals surface area contributed by atoms with Crippen LogP contribution in [0.3, 0.4) is 0 Å². The van der Waals surface area contributed by atoms with Crippen LogP contribution < -0.4 is 23.7 Å². The molecule has 0 atom stereocenters. The lowest BCUT2D eigenvalue weighted by Crippen LogP contribution is -2.36. The summed E-state index contributed by atoms with van der Waals surface area (Å²) in [4.78, 5) is 12.7. The normalized spacial score (nSPS) is 12.8. The number of methoxy groups -OCH3 is 2. The quantitative estimate of drug-likeness (QED) is 0.0967. The first kappa shape index (κ1) is 33.5. The number of esters is 1. The molecular formula is C43H33BrO7. The molecule has 0 N–H and O–H groups in total. The van der Waals surface area contributed by atoms with Gasteiger partial charge < -0.3 is 28.4 Å². The summed E-state index contributed by atoms with van der Waals surface area (Å²) in [6, 6.07) is 44.0. The molecule has 1 aliphatic heterocycles. The van der Waals surface area contributed by atoms with Crippen LogP contribution >= 0.6 is 15.9 Å². The second-order valence-corrected chi connectivity index (χ2v) is 12.5. The number of carbonyl (C=O) groups is 1. The largest absolute Gasteiger partial charge is 0.493 e. The van der Waals surface area contributed by atoms with Gasteiger partial charge in [-0.05, 0) is 53.1 Å². The summed E-state index contributed by atoms with van der Waals surface area (Å²) < 4.78 is 37.3. The van der Waals surface area contributed by atoms with Crippen LogP contribution in [0, 0.1) is 0 Å². The molecular weight excluding hydrogens is 708 g/mol. The molecule has 51 heavy (non-hydrogen) atoms. The molecule has 6 aromatic rings. The van der Waals surface area contributed by atoms with Gasteiger partial charge >= 0.3 is 11.8 Å². The second-order valence-electron chi connectivity index (χ2n) is 11.6. The van der Waals surface area contributed by atoms with E-state index in [9.17, 15) is 4.79 Å². The van der Waals surface area contributed by atoms with Gasteiger partial charge in [-0.3, -0.25) is 0 Å². The van der Waals surface area contributed by atoms with Crippen molar-refractivity contribution in [3.05, 3.63) is 177 Å². The van der Waals surface area contributed by atoms with E-state index in [2.05, 4.69) is 15.9 Å². The van der Waals surface area contributed by atoms with E-state index >= 15 is 0 Å². The standard InChI is InChI=1S/C43H33BrO7/c1-46-37-24-31(36(44)27-38(37)48-28-30-12-6-3-7-13-30)21-18-29-19-22-35(23-20-29)49-39-25-32(42(45)47-2)26-40-41(39)51-43(50-40,33-14-8-4-9-15-33)34-16-10-5-11-17-34/h3-27H,28H2,1-2H3/b21-18+. The van der Waals surface area contributed by atoms with Crippen molar-refractivity contribution in [3.8, 4) is 34.5 Å². The first-order chi connectivity index (χ1) is 25.0. The maximum absolute atomic E-state index is 12.7. The summed E-state index contributed by atoms with van der Waals surface area (Å²) in [5, 5.41) is 0.